The Balaban J connectivity index is 1.75. The summed E-state index contributed by atoms with van der Waals surface area (Å²) in [5.41, 5.74) is 0.645. The van der Waals surface area contributed by atoms with Gasteiger partial charge in [-0.05, 0) is 48.1 Å². The Morgan fingerprint density at radius 3 is 2.42 bits per heavy atom. The lowest BCUT2D eigenvalue weighted by molar-refractivity contribution is -0.122. The first-order chi connectivity index (χ1) is 9.03. The monoisotopic (exact) mass is 285 g/mol. The fourth-order valence-corrected chi connectivity index (χ4v) is 2.50. The molecule has 1 aliphatic rings. The maximum absolute atomic E-state index is 13.0. The van der Waals surface area contributed by atoms with Gasteiger partial charge in [0.15, 0.2) is 0 Å². The van der Waals surface area contributed by atoms with E-state index in [1.165, 1.54) is 12.1 Å². The Labute approximate surface area is 117 Å². The SMILES string of the molecule is O=C(CC1(CS)CC1)NCCc1cc(F)cc(F)c1. The van der Waals surface area contributed by atoms with Crippen LogP contribution >= 0.6 is 12.6 Å². The molecule has 19 heavy (non-hydrogen) atoms. The highest BCUT2D eigenvalue weighted by molar-refractivity contribution is 7.80. The fourth-order valence-electron chi connectivity index (χ4n) is 2.07. The number of benzene rings is 1. The number of amides is 1. The van der Waals surface area contributed by atoms with E-state index < -0.39 is 11.6 Å². The molecule has 1 aliphatic carbocycles. The van der Waals surface area contributed by atoms with Gasteiger partial charge in [0.1, 0.15) is 11.6 Å². The molecule has 1 N–H and O–H groups in total. The molecule has 1 aromatic rings. The van der Waals surface area contributed by atoms with Gasteiger partial charge in [-0.25, -0.2) is 8.78 Å². The zero-order valence-electron chi connectivity index (χ0n) is 10.6. The minimum Gasteiger partial charge on any atom is -0.356 e. The molecule has 0 spiro atoms. The van der Waals surface area contributed by atoms with Crippen LogP contribution in [-0.2, 0) is 11.2 Å². The number of carbonyl (C=O) groups is 1. The quantitative estimate of drug-likeness (QED) is 0.773. The standard InChI is InChI=1S/C14H17F2NOS/c15-11-5-10(6-12(16)7-11)1-4-17-13(18)8-14(9-19)2-3-14/h5-7,19H,1-4,8-9H2,(H,17,18). The molecule has 0 unspecified atom stereocenters. The largest absolute Gasteiger partial charge is 0.356 e. The second-order valence-corrected chi connectivity index (χ2v) is 5.53. The summed E-state index contributed by atoms with van der Waals surface area (Å²) >= 11 is 4.25. The number of rotatable bonds is 6. The third kappa shape index (κ3) is 4.20. The molecule has 1 amide bonds. The molecule has 0 heterocycles. The van der Waals surface area contributed by atoms with E-state index in [9.17, 15) is 13.6 Å². The van der Waals surface area contributed by atoms with Gasteiger partial charge in [0.2, 0.25) is 5.91 Å². The van der Waals surface area contributed by atoms with Crippen LogP contribution in [0.3, 0.4) is 0 Å². The normalized spacial score (nSPS) is 16.2. The second-order valence-electron chi connectivity index (χ2n) is 5.21. The molecule has 2 nitrogen and oxygen atoms in total. The number of hydrogen-bond acceptors (Lipinski definition) is 2. The maximum Gasteiger partial charge on any atom is 0.220 e. The van der Waals surface area contributed by atoms with Crippen molar-refractivity contribution >= 4 is 18.5 Å². The summed E-state index contributed by atoms with van der Waals surface area (Å²) < 4.78 is 25.9. The van der Waals surface area contributed by atoms with Crippen LogP contribution in [-0.4, -0.2) is 18.2 Å². The van der Waals surface area contributed by atoms with Crippen LogP contribution in [0.1, 0.15) is 24.8 Å². The van der Waals surface area contributed by atoms with Crippen molar-refractivity contribution in [1.82, 2.24) is 5.32 Å². The number of carbonyl (C=O) groups excluding carboxylic acids is 1. The van der Waals surface area contributed by atoms with Crippen LogP contribution in [0.15, 0.2) is 18.2 Å². The lowest BCUT2D eigenvalue weighted by atomic mass is 10.1. The first-order valence-corrected chi connectivity index (χ1v) is 6.99. The summed E-state index contributed by atoms with van der Waals surface area (Å²) in [5.74, 6) is -0.458. The number of hydrogen-bond donors (Lipinski definition) is 2. The van der Waals surface area contributed by atoms with Crippen LogP contribution in [0.4, 0.5) is 8.78 Å². The van der Waals surface area contributed by atoms with Crippen LogP contribution in [0, 0.1) is 17.0 Å². The highest BCUT2D eigenvalue weighted by Gasteiger charge is 2.42. The predicted molar refractivity (Wildman–Crippen MR) is 73.2 cm³/mol. The van der Waals surface area contributed by atoms with Crippen molar-refractivity contribution in [2.75, 3.05) is 12.3 Å². The Morgan fingerprint density at radius 1 is 1.26 bits per heavy atom. The first kappa shape index (κ1) is 14.3. The average molecular weight is 285 g/mol. The zero-order valence-corrected chi connectivity index (χ0v) is 11.5. The Bertz CT molecular complexity index is 454. The van der Waals surface area contributed by atoms with Crippen LogP contribution in [0.2, 0.25) is 0 Å². The molecule has 1 aromatic carbocycles. The van der Waals surface area contributed by atoms with Crippen LogP contribution < -0.4 is 5.32 Å². The van der Waals surface area contributed by atoms with E-state index in [0.29, 0.717) is 24.9 Å². The molecule has 0 radical (unpaired) electrons. The molecule has 0 saturated heterocycles. The van der Waals surface area contributed by atoms with Gasteiger partial charge >= 0.3 is 0 Å². The summed E-state index contributed by atoms with van der Waals surface area (Å²) in [4.78, 5) is 11.7. The Morgan fingerprint density at radius 2 is 1.89 bits per heavy atom. The Hall–Kier alpha value is -1.10. The summed E-state index contributed by atoms with van der Waals surface area (Å²) in [6.45, 7) is 0.393. The van der Waals surface area contributed by atoms with Gasteiger partial charge < -0.3 is 5.32 Å². The number of nitrogens with one attached hydrogen (secondary N) is 1. The van der Waals surface area contributed by atoms with Crippen molar-refractivity contribution in [1.29, 1.82) is 0 Å². The summed E-state index contributed by atoms with van der Waals surface area (Å²) in [6.07, 6.45) is 3.03. The zero-order chi connectivity index (χ0) is 13.9. The van der Waals surface area contributed by atoms with Gasteiger partial charge in [0.25, 0.3) is 0 Å². The van der Waals surface area contributed by atoms with E-state index in [2.05, 4.69) is 17.9 Å². The van der Waals surface area contributed by atoms with E-state index in [4.69, 9.17) is 0 Å². The molecule has 2 rings (SSSR count). The third-order valence-corrected chi connectivity index (χ3v) is 4.16. The van der Waals surface area contributed by atoms with E-state index in [-0.39, 0.29) is 11.3 Å². The lowest BCUT2D eigenvalue weighted by Crippen LogP contribution is -2.28. The van der Waals surface area contributed by atoms with Crippen molar-refractivity contribution < 1.29 is 13.6 Å². The predicted octanol–water partition coefficient (Wildman–Crippen LogP) is 2.72. The molecule has 0 aromatic heterocycles. The molecule has 1 fully saturated rings. The molecule has 1 saturated carbocycles. The van der Waals surface area contributed by atoms with Crippen LogP contribution in [0.5, 0.6) is 0 Å². The number of thiol groups is 1. The van der Waals surface area contributed by atoms with Gasteiger partial charge in [-0.1, -0.05) is 0 Å². The minimum atomic E-state index is -0.590. The molecule has 0 atom stereocenters. The van der Waals surface area contributed by atoms with Gasteiger partial charge in [0, 0.05) is 19.0 Å². The Kier molecular flexibility index (Phi) is 4.45. The second kappa shape index (κ2) is 5.90. The summed E-state index contributed by atoms with van der Waals surface area (Å²) in [7, 11) is 0. The van der Waals surface area contributed by atoms with Crippen LogP contribution in [0.25, 0.3) is 0 Å². The van der Waals surface area contributed by atoms with Crippen molar-refractivity contribution in [3.63, 3.8) is 0 Å². The summed E-state index contributed by atoms with van der Waals surface area (Å²) in [5, 5.41) is 2.78. The van der Waals surface area contributed by atoms with Gasteiger partial charge in [-0.3, -0.25) is 4.79 Å². The molecular weight excluding hydrogens is 268 g/mol. The molecule has 5 heteroatoms. The van der Waals surface area contributed by atoms with E-state index in [1.54, 1.807) is 0 Å². The van der Waals surface area contributed by atoms with Crippen molar-refractivity contribution in [2.45, 2.75) is 25.7 Å². The lowest BCUT2D eigenvalue weighted by Gasteiger charge is -2.11. The molecule has 0 bridgehead atoms. The number of halogens is 2. The topological polar surface area (TPSA) is 29.1 Å². The highest BCUT2D eigenvalue weighted by Crippen LogP contribution is 2.49. The van der Waals surface area contributed by atoms with Crippen molar-refractivity contribution in [3.8, 4) is 0 Å². The van der Waals surface area contributed by atoms with E-state index in [0.717, 1.165) is 24.7 Å². The first-order valence-electron chi connectivity index (χ1n) is 6.36. The molecule has 0 aliphatic heterocycles. The third-order valence-electron chi connectivity index (χ3n) is 3.49. The van der Waals surface area contributed by atoms with Crippen molar-refractivity contribution in [2.24, 2.45) is 5.41 Å². The highest BCUT2D eigenvalue weighted by atomic mass is 32.1. The molecular formula is C14H17F2NOS. The van der Waals surface area contributed by atoms with Gasteiger partial charge in [-0.2, -0.15) is 12.6 Å². The van der Waals surface area contributed by atoms with E-state index >= 15 is 0 Å². The van der Waals surface area contributed by atoms with Crippen molar-refractivity contribution in [3.05, 3.63) is 35.4 Å². The summed E-state index contributed by atoms with van der Waals surface area (Å²) in [6, 6.07) is 3.41. The van der Waals surface area contributed by atoms with Gasteiger partial charge in [-0.15, -0.1) is 0 Å². The molecule has 104 valence electrons. The fraction of sp³-hybridized carbons (Fsp3) is 0.500. The maximum atomic E-state index is 13.0. The van der Waals surface area contributed by atoms with Gasteiger partial charge in [0.05, 0.1) is 0 Å². The van der Waals surface area contributed by atoms with E-state index in [1.807, 2.05) is 0 Å². The minimum absolute atomic E-state index is 0.0107. The average Bonchev–Trinajstić information content (AvgIpc) is 3.08. The smallest absolute Gasteiger partial charge is 0.220 e.